The molecule has 0 aliphatic heterocycles. The van der Waals surface area contributed by atoms with Gasteiger partial charge in [0.15, 0.2) is 5.69 Å². The van der Waals surface area contributed by atoms with Crippen molar-refractivity contribution in [3.05, 3.63) is 17.5 Å². The highest BCUT2D eigenvalue weighted by Crippen LogP contribution is 2.50. The van der Waals surface area contributed by atoms with Gasteiger partial charge in [-0.3, -0.25) is 9.89 Å². The highest BCUT2D eigenvalue weighted by atomic mass is 19.4. The van der Waals surface area contributed by atoms with Crippen molar-refractivity contribution >= 4 is 5.97 Å². The predicted molar refractivity (Wildman–Crippen MR) is 50.1 cm³/mol. The van der Waals surface area contributed by atoms with Crippen LogP contribution in [0.1, 0.15) is 24.2 Å². The normalized spacial score (nSPS) is 20.0. The van der Waals surface area contributed by atoms with Gasteiger partial charge in [0, 0.05) is 11.1 Å². The SMILES string of the molecule is NC(C(=O)O)C1(c2cc(C(F)(F)F)n[nH]2)CC1. The number of aromatic amines is 1. The Labute approximate surface area is 93.8 Å². The molecule has 0 bridgehead atoms. The number of aromatic nitrogens is 2. The highest BCUT2D eigenvalue weighted by Gasteiger charge is 2.54. The summed E-state index contributed by atoms with van der Waals surface area (Å²) in [4.78, 5) is 10.8. The van der Waals surface area contributed by atoms with Crippen LogP contribution < -0.4 is 5.73 Å². The molecule has 94 valence electrons. The minimum absolute atomic E-state index is 0.139. The van der Waals surface area contributed by atoms with Gasteiger partial charge in [0.25, 0.3) is 0 Å². The quantitative estimate of drug-likeness (QED) is 0.741. The van der Waals surface area contributed by atoms with Crippen LogP contribution in [0.3, 0.4) is 0 Å². The van der Waals surface area contributed by atoms with E-state index in [1.165, 1.54) is 0 Å². The molecule has 0 saturated heterocycles. The molecule has 17 heavy (non-hydrogen) atoms. The number of rotatable bonds is 3. The molecule has 0 amide bonds. The molecule has 0 radical (unpaired) electrons. The predicted octanol–water partition coefficient (Wildman–Crippen LogP) is 0.872. The standard InChI is InChI=1S/C9H10F3N3O2/c10-9(11,12)5-3-4(14-15-5)8(1-2-8)6(13)7(16)17/h3,6H,1-2,13H2,(H,14,15)(H,16,17). The van der Waals surface area contributed by atoms with E-state index in [4.69, 9.17) is 10.8 Å². The first-order valence-electron chi connectivity index (χ1n) is 4.89. The fraction of sp³-hybridized carbons (Fsp3) is 0.556. The molecular formula is C9H10F3N3O2. The number of nitrogens with one attached hydrogen (secondary N) is 1. The van der Waals surface area contributed by atoms with Crippen LogP contribution >= 0.6 is 0 Å². The third-order valence-electron chi connectivity index (χ3n) is 3.05. The van der Waals surface area contributed by atoms with E-state index in [1.807, 2.05) is 0 Å². The van der Waals surface area contributed by atoms with Crippen LogP contribution in [0, 0.1) is 0 Å². The van der Waals surface area contributed by atoms with Gasteiger partial charge in [-0.1, -0.05) is 0 Å². The summed E-state index contributed by atoms with van der Waals surface area (Å²) in [6, 6.07) is -0.389. The average molecular weight is 249 g/mol. The highest BCUT2D eigenvalue weighted by molar-refractivity contribution is 5.76. The fourth-order valence-electron chi connectivity index (χ4n) is 1.84. The Morgan fingerprint density at radius 3 is 2.53 bits per heavy atom. The molecule has 1 aromatic rings. The molecule has 1 aromatic heterocycles. The number of H-pyrrole nitrogens is 1. The number of hydrogen-bond donors (Lipinski definition) is 3. The summed E-state index contributed by atoms with van der Waals surface area (Å²) in [5, 5.41) is 14.2. The Bertz CT molecular complexity index is 451. The monoisotopic (exact) mass is 249 g/mol. The van der Waals surface area contributed by atoms with Gasteiger partial charge >= 0.3 is 12.1 Å². The van der Waals surface area contributed by atoms with Crippen LogP contribution in [-0.4, -0.2) is 27.3 Å². The maximum atomic E-state index is 12.3. The molecule has 1 unspecified atom stereocenters. The van der Waals surface area contributed by atoms with Crippen molar-refractivity contribution in [1.29, 1.82) is 0 Å². The molecule has 1 aliphatic rings. The van der Waals surface area contributed by atoms with E-state index in [0.29, 0.717) is 12.8 Å². The van der Waals surface area contributed by atoms with Crippen molar-refractivity contribution in [3.8, 4) is 0 Å². The van der Waals surface area contributed by atoms with Gasteiger partial charge in [0.1, 0.15) is 6.04 Å². The number of carboxylic acid groups (broad SMARTS) is 1. The second-order valence-electron chi connectivity index (χ2n) is 4.14. The Hall–Kier alpha value is -1.57. The topological polar surface area (TPSA) is 92.0 Å². The van der Waals surface area contributed by atoms with Crippen molar-refractivity contribution < 1.29 is 23.1 Å². The lowest BCUT2D eigenvalue weighted by molar-refractivity contribution is -0.141. The molecule has 1 atom stereocenters. The largest absolute Gasteiger partial charge is 0.480 e. The first-order chi connectivity index (χ1) is 7.77. The molecule has 1 saturated carbocycles. The van der Waals surface area contributed by atoms with E-state index in [1.54, 1.807) is 0 Å². The number of nitrogens with zero attached hydrogens (tertiary/aromatic N) is 1. The number of halogens is 3. The molecule has 1 fully saturated rings. The smallest absolute Gasteiger partial charge is 0.435 e. The van der Waals surface area contributed by atoms with E-state index in [0.717, 1.165) is 6.07 Å². The molecule has 8 heteroatoms. The summed E-state index contributed by atoms with van der Waals surface area (Å²) in [7, 11) is 0. The Morgan fingerprint density at radius 2 is 2.18 bits per heavy atom. The summed E-state index contributed by atoms with van der Waals surface area (Å²) >= 11 is 0. The lowest BCUT2D eigenvalue weighted by Gasteiger charge is -2.17. The van der Waals surface area contributed by atoms with E-state index >= 15 is 0 Å². The maximum absolute atomic E-state index is 12.3. The van der Waals surface area contributed by atoms with E-state index in [9.17, 15) is 18.0 Å². The molecular weight excluding hydrogens is 239 g/mol. The Balaban J connectivity index is 2.30. The summed E-state index contributed by atoms with van der Waals surface area (Å²) in [5.41, 5.74) is 3.63. The van der Waals surface area contributed by atoms with Gasteiger partial charge in [0.05, 0.1) is 0 Å². The summed E-state index contributed by atoms with van der Waals surface area (Å²) in [5.74, 6) is -1.23. The summed E-state index contributed by atoms with van der Waals surface area (Å²) < 4.78 is 37.0. The first-order valence-corrected chi connectivity index (χ1v) is 4.89. The van der Waals surface area contributed by atoms with Crippen LogP contribution in [0.4, 0.5) is 13.2 Å². The summed E-state index contributed by atoms with van der Waals surface area (Å²) in [6.07, 6.45) is -3.65. The lowest BCUT2D eigenvalue weighted by atomic mass is 9.93. The second-order valence-corrected chi connectivity index (χ2v) is 4.14. The van der Waals surface area contributed by atoms with E-state index in [-0.39, 0.29) is 5.69 Å². The van der Waals surface area contributed by atoms with Gasteiger partial charge in [-0.05, 0) is 18.9 Å². The third kappa shape index (κ3) is 1.88. The average Bonchev–Trinajstić information content (AvgIpc) is 2.85. The second kappa shape index (κ2) is 3.46. The molecule has 1 aliphatic carbocycles. The lowest BCUT2D eigenvalue weighted by Crippen LogP contribution is -2.42. The number of hydrogen-bond acceptors (Lipinski definition) is 3. The number of carboxylic acids is 1. The first kappa shape index (κ1) is 11.9. The van der Waals surface area contributed by atoms with Gasteiger partial charge < -0.3 is 10.8 Å². The van der Waals surface area contributed by atoms with Gasteiger partial charge in [-0.15, -0.1) is 0 Å². The third-order valence-corrected chi connectivity index (χ3v) is 3.05. The molecule has 5 nitrogen and oxygen atoms in total. The van der Waals surface area contributed by atoms with Crippen LogP contribution in [0.15, 0.2) is 6.07 Å². The van der Waals surface area contributed by atoms with E-state index < -0.39 is 29.3 Å². The molecule has 0 spiro atoms. The number of nitrogens with two attached hydrogens (primary N) is 1. The van der Waals surface area contributed by atoms with E-state index in [2.05, 4.69) is 10.2 Å². The summed E-state index contributed by atoms with van der Waals surface area (Å²) in [6.45, 7) is 0. The fourth-order valence-corrected chi connectivity index (χ4v) is 1.84. The van der Waals surface area contributed by atoms with Crippen LogP contribution in [0.5, 0.6) is 0 Å². The zero-order valence-corrected chi connectivity index (χ0v) is 8.58. The van der Waals surface area contributed by atoms with Crippen molar-refractivity contribution in [2.24, 2.45) is 5.73 Å². The van der Waals surface area contributed by atoms with Crippen molar-refractivity contribution in [1.82, 2.24) is 10.2 Å². The zero-order valence-electron chi connectivity index (χ0n) is 8.58. The minimum atomic E-state index is -4.54. The Morgan fingerprint density at radius 1 is 1.59 bits per heavy atom. The number of aliphatic carboxylic acids is 1. The van der Waals surface area contributed by atoms with Gasteiger partial charge in [-0.25, -0.2) is 0 Å². The molecule has 4 N–H and O–H groups in total. The molecule has 1 heterocycles. The van der Waals surface area contributed by atoms with Crippen LogP contribution in [-0.2, 0) is 16.4 Å². The molecule has 0 aromatic carbocycles. The van der Waals surface area contributed by atoms with Crippen molar-refractivity contribution in [3.63, 3.8) is 0 Å². The maximum Gasteiger partial charge on any atom is 0.435 e. The minimum Gasteiger partial charge on any atom is -0.480 e. The number of alkyl halides is 3. The van der Waals surface area contributed by atoms with Gasteiger partial charge in [0.2, 0.25) is 0 Å². The van der Waals surface area contributed by atoms with Gasteiger partial charge in [-0.2, -0.15) is 18.3 Å². The van der Waals surface area contributed by atoms with Crippen LogP contribution in [0.2, 0.25) is 0 Å². The van der Waals surface area contributed by atoms with Crippen molar-refractivity contribution in [2.75, 3.05) is 0 Å². The Kier molecular flexibility index (Phi) is 2.42. The van der Waals surface area contributed by atoms with Crippen LogP contribution in [0.25, 0.3) is 0 Å². The number of carbonyl (C=O) groups is 1. The molecule has 2 rings (SSSR count). The zero-order chi connectivity index (χ0) is 12.8. The van der Waals surface area contributed by atoms with Crippen molar-refractivity contribution in [2.45, 2.75) is 30.5 Å².